The van der Waals surface area contributed by atoms with E-state index in [-0.39, 0.29) is 5.92 Å². The topological polar surface area (TPSA) is 29.1 Å². The molecule has 2 aliphatic rings. The molecular weight excluding hydrogens is 222 g/mol. The number of anilines is 1. The Hall–Kier alpha value is -1.31. The first-order valence-corrected chi connectivity index (χ1v) is 7.23. The fourth-order valence-electron chi connectivity index (χ4n) is 3.39. The molecule has 0 spiro atoms. The second-order valence-corrected chi connectivity index (χ2v) is 5.61. The van der Waals surface area contributed by atoms with E-state index in [0.29, 0.717) is 11.7 Å². The SMILES string of the molecule is O=C(C1CCCCCC1)C1CNc2ccccc21. The molecule has 1 atom stereocenters. The Labute approximate surface area is 109 Å². The average molecular weight is 243 g/mol. The predicted octanol–water partition coefficient (Wildman–Crippen LogP) is 3.74. The third kappa shape index (κ3) is 2.16. The summed E-state index contributed by atoms with van der Waals surface area (Å²) in [7, 11) is 0. The average Bonchev–Trinajstić information content (AvgIpc) is 2.65. The van der Waals surface area contributed by atoms with Gasteiger partial charge < -0.3 is 5.32 Å². The van der Waals surface area contributed by atoms with Crippen molar-refractivity contribution in [2.45, 2.75) is 44.4 Å². The van der Waals surface area contributed by atoms with Crippen LogP contribution in [0.5, 0.6) is 0 Å². The molecule has 1 heterocycles. The zero-order valence-corrected chi connectivity index (χ0v) is 10.8. The van der Waals surface area contributed by atoms with Crippen molar-refractivity contribution < 1.29 is 4.79 Å². The van der Waals surface area contributed by atoms with Crippen LogP contribution in [0.4, 0.5) is 5.69 Å². The molecule has 3 rings (SSSR count). The summed E-state index contributed by atoms with van der Waals surface area (Å²) in [4.78, 5) is 12.7. The largest absolute Gasteiger partial charge is 0.384 e. The molecular formula is C16H21NO. The van der Waals surface area contributed by atoms with Crippen LogP contribution in [0.2, 0.25) is 0 Å². The molecule has 1 aromatic rings. The van der Waals surface area contributed by atoms with Gasteiger partial charge in [-0.25, -0.2) is 0 Å². The van der Waals surface area contributed by atoms with Gasteiger partial charge in [-0.15, -0.1) is 0 Å². The van der Waals surface area contributed by atoms with Gasteiger partial charge in [0, 0.05) is 18.2 Å². The maximum Gasteiger partial charge on any atom is 0.145 e. The second-order valence-electron chi connectivity index (χ2n) is 5.61. The molecule has 1 unspecified atom stereocenters. The third-order valence-electron chi connectivity index (χ3n) is 4.43. The number of ketones is 1. The van der Waals surface area contributed by atoms with Gasteiger partial charge >= 0.3 is 0 Å². The van der Waals surface area contributed by atoms with Crippen LogP contribution in [0, 0.1) is 5.92 Å². The number of carbonyl (C=O) groups excluding carboxylic acids is 1. The van der Waals surface area contributed by atoms with Gasteiger partial charge in [0.15, 0.2) is 0 Å². The lowest BCUT2D eigenvalue weighted by Gasteiger charge is -2.17. The van der Waals surface area contributed by atoms with Crippen LogP contribution in [-0.4, -0.2) is 12.3 Å². The maximum absolute atomic E-state index is 12.7. The van der Waals surface area contributed by atoms with Crippen molar-refractivity contribution >= 4 is 11.5 Å². The monoisotopic (exact) mass is 243 g/mol. The molecule has 1 aliphatic heterocycles. The maximum atomic E-state index is 12.7. The molecule has 0 bridgehead atoms. The van der Waals surface area contributed by atoms with Gasteiger partial charge in [-0.1, -0.05) is 43.9 Å². The van der Waals surface area contributed by atoms with Gasteiger partial charge in [-0.2, -0.15) is 0 Å². The Bertz CT molecular complexity index is 432. The van der Waals surface area contributed by atoms with E-state index in [1.165, 1.54) is 31.2 Å². The predicted molar refractivity (Wildman–Crippen MR) is 73.9 cm³/mol. The molecule has 0 saturated heterocycles. The highest BCUT2D eigenvalue weighted by molar-refractivity contribution is 5.91. The van der Waals surface area contributed by atoms with Crippen LogP contribution in [-0.2, 0) is 4.79 Å². The van der Waals surface area contributed by atoms with Gasteiger partial charge in [0.1, 0.15) is 5.78 Å². The Kier molecular flexibility index (Phi) is 3.35. The van der Waals surface area contributed by atoms with Crippen molar-refractivity contribution in [1.82, 2.24) is 0 Å². The third-order valence-corrected chi connectivity index (χ3v) is 4.43. The quantitative estimate of drug-likeness (QED) is 0.802. The van der Waals surface area contributed by atoms with Gasteiger partial charge in [0.2, 0.25) is 0 Å². The lowest BCUT2D eigenvalue weighted by molar-refractivity contribution is -0.124. The molecule has 0 radical (unpaired) electrons. The second kappa shape index (κ2) is 5.13. The Balaban J connectivity index is 1.77. The van der Waals surface area contributed by atoms with Crippen LogP contribution in [0.3, 0.4) is 0 Å². The zero-order valence-electron chi connectivity index (χ0n) is 10.8. The number of hydrogen-bond donors (Lipinski definition) is 1. The minimum Gasteiger partial charge on any atom is -0.384 e. The summed E-state index contributed by atoms with van der Waals surface area (Å²) in [6.45, 7) is 0.800. The highest BCUT2D eigenvalue weighted by atomic mass is 16.1. The molecule has 1 aromatic carbocycles. The fourth-order valence-corrected chi connectivity index (χ4v) is 3.39. The number of carbonyl (C=O) groups is 1. The van der Waals surface area contributed by atoms with E-state index in [0.717, 1.165) is 25.1 Å². The highest BCUT2D eigenvalue weighted by Crippen LogP contribution is 2.36. The van der Waals surface area contributed by atoms with Crippen LogP contribution in [0.1, 0.15) is 50.0 Å². The molecule has 1 N–H and O–H groups in total. The highest BCUT2D eigenvalue weighted by Gasteiger charge is 2.32. The van der Waals surface area contributed by atoms with E-state index >= 15 is 0 Å². The number of hydrogen-bond acceptors (Lipinski definition) is 2. The van der Waals surface area contributed by atoms with Crippen LogP contribution < -0.4 is 5.32 Å². The van der Waals surface area contributed by atoms with Gasteiger partial charge in [-0.05, 0) is 24.5 Å². The molecule has 2 nitrogen and oxygen atoms in total. The van der Waals surface area contributed by atoms with Crippen molar-refractivity contribution in [2.75, 3.05) is 11.9 Å². The lowest BCUT2D eigenvalue weighted by atomic mass is 9.85. The van der Waals surface area contributed by atoms with E-state index in [1.54, 1.807) is 0 Å². The molecule has 18 heavy (non-hydrogen) atoms. The molecule has 1 aliphatic carbocycles. The van der Waals surface area contributed by atoms with E-state index in [2.05, 4.69) is 17.4 Å². The molecule has 0 aromatic heterocycles. The minimum atomic E-state index is 0.101. The minimum absolute atomic E-state index is 0.101. The number of para-hydroxylation sites is 1. The van der Waals surface area contributed by atoms with Crippen LogP contribution >= 0.6 is 0 Å². The number of Topliss-reactive ketones (excluding diaryl/α,β-unsaturated/α-hetero) is 1. The van der Waals surface area contributed by atoms with E-state index in [4.69, 9.17) is 0 Å². The van der Waals surface area contributed by atoms with Crippen molar-refractivity contribution in [3.8, 4) is 0 Å². The van der Waals surface area contributed by atoms with E-state index in [1.807, 2.05) is 12.1 Å². The Morgan fingerprint density at radius 3 is 2.56 bits per heavy atom. The summed E-state index contributed by atoms with van der Waals surface area (Å²) in [5.74, 6) is 0.893. The number of fused-ring (bicyclic) bond motifs is 1. The van der Waals surface area contributed by atoms with Gasteiger partial charge in [-0.3, -0.25) is 4.79 Å². The Morgan fingerprint density at radius 2 is 1.78 bits per heavy atom. The molecule has 1 saturated carbocycles. The Morgan fingerprint density at radius 1 is 1.06 bits per heavy atom. The summed E-state index contributed by atoms with van der Waals surface area (Å²) in [5.41, 5.74) is 2.37. The van der Waals surface area contributed by atoms with Crippen molar-refractivity contribution in [3.63, 3.8) is 0 Å². The summed E-state index contributed by atoms with van der Waals surface area (Å²) in [6, 6.07) is 8.26. The van der Waals surface area contributed by atoms with Crippen LogP contribution in [0.15, 0.2) is 24.3 Å². The van der Waals surface area contributed by atoms with Gasteiger partial charge in [0.25, 0.3) is 0 Å². The van der Waals surface area contributed by atoms with Crippen molar-refractivity contribution in [3.05, 3.63) is 29.8 Å². The fraction of sp³-hybridized carbons (Fsp3) is 0.562. The smallest absolute Gasteiger partial charge is 0.145 e. The lowest BCUT2D eigenvalue weighted by Crippen LogP contribution is -2.23. The normalized spacial score (nSPS) is 24.1. The first-order chi connectivity index (χ1) is 8.86. The summed E-state index contributed by atoms with van der Waals surface area (Å²) in [5, 5.41) is 3.36. The van der Waals surface area contributed by atoms with Crippen LogP contribution in [0.25, 0.3) is 0 Å². The molecule has 2 heteroatoms. The van der Waals surface area contributed by atoms with Crippen molar-refractivity contribution in [1.29, 1.82) is 0 Å². The molecule has 1 fully saturated rings. The first kappa shape index (κ1) is 11.8. The number of nitrogens with one attached hydrogen (secondary N) is 1. The van der Waals surface area contributed by atoms with E-state index in [9.17, 15) is 4.79 Å². The summed E-state index contributed by atoms with van der Waals surface area (Å²) < 4.78 is 0. The zero-order chi connectivity index (χ0) is 12.4. The molecule has 0 amide bonds. The summed E-state index contributed by atoms with van der Waals surface area (Å²) >= 11 is 0. The molecule has 96 valence electrons. The van der Waals surface area contributed by atoms with Crippen molar-refractivity contribution in [2.24, 2.45) is 5.92 Å². The summed E-state index contributed by atoms with van der Waals surface area (Å²) in [6.07, 6.45) is 7.30. The number of benzene rings is 1. The van der Waals surface area contributed by atoms with E-state index < -0.39 is 0 Å². The number of rotatable bonds is 2. The first-order valence-electron chi connectivity index (χ1n) is 7.23. The van der Waals surface area contributed by atoms with Gasteiger partial charge in [0.05, 0.1) is 5.92 Å². The standard InChI is InChI=1S/C16H21NO/c18-16(12-7-3-1-2-4-8-12)14-11-17-15-10-6-5-9-13(14)15/h5-6,9-10,12,14,17H,1-4,7-8,11H2.